The number of aromatic nitrogens is 1. The summed E-state index contributed by atoms with van der Waals surface area (Å²) >= 11 is 0.574. The van der Waals surface area contributed by atoms with E-state index in [0.717, 1.165) is 5.38 Å². The quantitative estimate of drug-likeness (QED) is 0.734. The van der Waals surface area contributed by atoms with E-state index in [1.807, 2.05) is 0 Å². The van der Waals surface area contributed by atoms with Gasteiger partial charge in [-0.2, -0.15) is 0 Å². The van der Waals surface area contributed by atoms with E-state index in [2.05, 4.69) is 4.98 Å². The van der Waals surface area contributed by atoms with E-state index in [9.17, 15) is 17.2 Å². The van der Waals surface area contributed by atoms with Crippen molar-refractivity contribution in [2.75, 3.05) is 0 Å². The molecule has 1 aromatic heterocycles. The van der Waals surface area contributed by atoms with Crippen LogP contribution in [0.25, 0.3) is 0 Å². The Kier molecular flexibility index (Phi) is 2.64. The predicted octanol–water partition coefficient (Wildman–Crippen LogP) is 2.01. The van der Waals surface area contributed by atoms with Crippen molar-refractivity contribution >= 4 is 31.1 Å². The first kappa shape index (κ1) is 9.82. The third-order valence-corrected chi connectivity index (χ3v) is 3.75. The molecule has 1 heterocycles. The van der Waals surface area contributed by atoms with Crippen LogP contribution in [0.3, 0.4) is 0 Å². The second kappa shape index (κ2) is 3.23. The van der Waals surface area contributed by atoms with Crippen molar-refractivity contribution in [2.45, 2.75) is 10.8 Å². The lowest BCUT2D eigenvalue weighted by Gasteiger charge is -1.88. The first-order valence-electron chi connectivity index (χ1n) is 2.59. The number of nitrogens with zero attached hydrogens (tertiary/aromatic N) is 1. The first-order chi connectivity index (χ1) is 5.41. The molecule has 12 heavy (non-hydrogen) atoms. The summed E-state index contributed by atoms with van der Waals surface area (Å²) < 4.78 is 44.3. The molecule has 0 saturated heterocycles. The van der Waals surface area contributed by atoms with Gasteiger partial charge in [0.2, 0.25) is 4.34 Å². The van der Waals surface area contributed by atoms with Gasteiger partial charge in [0.05, 0.1) is 0 Å². The van der Waals surface area contributed by atoms with Gasteiger partial charge < -0.3 is 0 Å². The van der Waals surface area contributed by atoms with Crippen LogP contribution in [0, 0.1) is 0 Å². The summed E-state index contributed by atoms with van der Waals surface area (Å²) in [6.45, 7) is 0. The number of halogens is 3. The molecule has 0 aliphatic heterocycles. The fraction of sp³-hybridized carbons (Fsp3) is 0.250. The Hall–Kier alpha value is -0.270. The Morgan fingerprint density at radius 3 is 2.42 bits per heavy atom. The fourth-order valence-corrected chi connectivity index (χ4v) is 2.27. The molecule has 0 aromatic carbocycles. The maximum atomic E-state index is 11.9. The summed E-state index contributed by atoms with van der Waals surface area (Å²) in [7, 11) is 0.883. The average Bonchev–Trinajstić information content (AvgIpc) is 2.30. The predicted molar refractivity (Wildman–Crippen MR) is 40.1 cm³/mol. The minimum absolute atomic E-state index is 0.500. The summed E-state index contributed by atoms with van der Waals surface area (Å²) in [4.78, 5) is 3.13. The summed E-state index contributed by atoms with van der Waals surface area (Å²) in [5, 5.41) is 0.958. The van der Waals surface area contributed by atoms with Crippen molar-refractivity contribution in [3.8, 4) is 0 Å². The highest BCUT2D eigenvalue weighted by atomic mass is 35.7. The van der Waals surface area contributed by atoms with Gasteiger partial charge in [0.1, 0.15) is 5.69 Å². The smallest absolute Gasteiger partial charge is 0.223 e. The molecule has 0 fully saturated rings. The van der Waals surface area contributed by atoms with Crippen molar-refractivity contribution in [1.29, 1.82) is 0 Å². The molecule has 1 rings (SSSR count). The molecule has 0 aliphatic rings. The van der Waals surface area contributed by atoms with Crippen molar-refractivity contribution in [3.05, 3.63) is 11.1 Å². The molecule has 1 aromatic rings. The Morgan fingerprint density at radius 1 is 1.58 bits per heavy atom. The molecule has 68 valence electrons. The molecule has 0 radical (unpaired) electrons. The van der Waals surface area contributed by atoms with Crippen molar-refractivity contribution < 1.29 is 17.2 Å². The Morgan fingerprint density at radius 2 is 2.17 bits per heavy atom. The van der Waals surface area contributed by atoms with Crippen LogP contribution < -0.4 is 0 Å². The van der Waals surface area contributed by atoms with Crippen molar-refractivity contribution in [2.24, 2.45) is 0 Å². The zero-order valence-electron chi connectivity index (χ0n) is 5.37. The lowest BCUT2D eigenvalue weighted by molar-refractivity contribution is 0.146. The van der Waals surface area contributed by atoms with Gasteiger partial charge in [-0.1, -0.05) is 0 Å². The van der Waals surface area contributed by atoms with E-state index in [1.54, 1.807) is 0 Å². The highest BCUT2D eigenvalue weighted by molar-refractivity contribution is 8.14. The minimum atomic E-state index is -3.97. The van der Waals surface area contributed by atoms with E-state index >= 15 is 0 Å². The van der Waals surface area contributed by atoms with Gasteiger partial charge in [-0.3, -0.25) is 0 Å². The Bertz CT molecular complexity index is 374. The normalized spacial score (nSPS) is 12.3. The molecular formula is C4H2ClF2NO2S2. The highest BCUT2D eigenvalue weighted by Gasteiger charge is 2.18. The summed E-state index contributed by atoms with van der Waals surface area (Å²) in [5.74, 6) is 0. The Balaban J connectivity index is 3.09. The standard InChI is InChI=1S/C4H2ClF2NO2S2/c5-12(9,10)4-8-2(1-11-4)3(6)7/h1,3H. The Labute approximate surface area is 75.4 Å². The minimum Gasteiger partial charge on any atom is -0.223 e. The third kappa shape index (κ3) is 2.11. The second-order valence-electron chi connectivity index (χ2n) is 1.78. The zero-order chi connectivity index (χ0) is 9.35. The van der Waals surface area contributed by atoms with Crippen LogP contribution in [0.5, 0.6) is 0 Å². The van der Waals surface area contributed by atoms with E-state index in [1.165, 1.54) is 0 Å². The highest BCUT2D eigenvalue weighted by Crippen LogP contribution is 2.25. The van der Waals surface area contributed by atoms with Crippen LogP contribution in [0.15, 0.2) is 9.72 Å². The summed E-state index contributed by atoms with van der Waals surface area (Å²) in [6, 6.07) is 0. The van der Waals surface area contributed by atoms with Crippen LogP contribution in [0.1, 0.15) is 12.1 Å². The summed E-state index contributed by atoms with van der Waals surface area (Å²) in [6.07, 6.45) is -2.77. The summed E-state index contributed by atoms with van der Waals surface area (Å²) in [5.41, 5.74) is -0.570. The molecule has 0 amide bonds. The van der Waals surface area contributed by atoms with Gasteiger partial charge >= 0.3 is 0 Å². The topological polar surface area (TPSA) is 47.0 Å². The van der Waals surface area contributed by atoms with Crippen LogP contribution in [0.4, 0.5) is 8.78 Å². The molecule has 0 unspecified atom stereocenters. The van der Waals surface area contributed by atoms with Gasteiger partial charge in [0, 0.05) is 16.1 Å². The molecule has 8 heteroatoms. The number of thiazole rings is 1. The molecule has 0 bridgehead atoms. The monoisotopic (exact) mass is 233 g/mol. The van der Waals surface area contributed by atoms with E-state index in [0.29, 0.717) is 11.3 Å². The molecule has 0 spiro atoms. The van der Waals surface area contributed by atoms with E-state index < -0.39 is 25.5 Å². The average molecular weight is 234 g/mol. The lowest BCUT2D eigenvalue weighted by atomic mass is 10.5. The van der Waals surface area contributed by atoms with Gasteiger partial charge in [0.25, 0.3) is 15.5 Å². The van der Waals surface area contributed by atoms with Gasteiger partial charge in [-0.05, 0) is 0 Å². The zero-order valence-corrected chi connectivity index (χ0v) is 7.76. The van der Waals surface area contributed by atoms with Crippen LogP contribution in [0.2, 0.25) is 0 Å². The van der Waals surface area contributed by atoms with Crippen molar-refractivity contribution in [1.82, 2.24) is 4.98 Å². The van der Waals surface area contributed by atoms with Crippen LogP contribution in [-0.4, -0.2) is 13.4 Å². The molecular weight excluding hydrogens is 232 g/mol. The molecule has 0 aliphatic carbocycles. The lowest BCUT2D eigenvalue weighted by Crippen LogP contribution is -1.90. The largest absolute Gasteiger partial charge is 0.288 e. The van der Waals surface area contributed by atoms with Crippen LogP contribution in [-0.2, 0) is 9.05 Å². The van der Waals surface area contributed by atoms with Crippen LogP contribution >= 0.6 is 22.0 Å². The fourth-order valence-electron chi connectivity index (χ4n) is 0.481. The number of hydrogen-bond donors (Lipinski definition) is 0. The number of rotatable bonds is 2. The number of alkyl halides is 2. The third-order valence-electron chi connectivity index (χ3n) is 0.933. The maximum Gasteiger partial charge on any atom is 0.288 e. The molecule has 3 nitrogen and oxygen atoms in total. The molecule has 0 saturated carbocycles. The molecule has 0 atom stereocenters. The van der Waals surface area contributed by atoms with Gasteiger partial charge in [0.15, 0.2) is 0 Å². The first-order valence-corrected chi connectivity index (χ1v) is 5.78. The van der Waals surface area contributed by atoms with Gasteiger partial charge in [-0.15, -0.1) is 11.3 Å². The molecule has 0 N–H and O–H groups in total. The van der Waals surface area contributed by atoms with E-state index in [-0.39, 0.29) is 0 Å². The van der Waals surface area contributed by atoms with Gasteiger partial charge in [-0.25, -0.2) is 22.2 Å². The second-order valence-corrected chi connectivity index (χ2v) is 5.37. The van der Waals surface area contributed by atoms with E-state index in [4.69, 9.17) is 10.7 Å². The maximum absolute atomic E-state index is 11.9. The van der Waals surface area contributed by atoms with Crippen molar-refractivity contribution in [3.63, 3.8) is 0 Å². The number of hydrogen-bond acceptors (Lipinski definition) is 4. The SMILES string of the molecule is O=S(=O)(Cl)c1nc(C(F)F)cs1.